The normalized spacial score (nSPS) is 13.8. The second kappa shape index (κ2) is 4.37. The maximum atomic E-state index is 6.10. The summed E-state index contributed by atoms with van der Waals surface area (Å²) in [6, 6.07) is 12.5. The lowest BCUT2D eigenvalue weighted by atomic mass is 9.96. The van der Waals surface area contributed by atoms with Gasteiger partial charge < -0.3 is 10.5 Å². The van der Waals surface area contributed by atoms with E-state index >= 15 is 0 Å². The van der Waals surface area contributed by atoms with Crippen LogP contribution in [0.3, 0.4) is 0 Å². The van der Waals surface area contributed by atoms with Crippen molar-refractivity contribution in [3.05, 3.63) is 47.5 Å². The van der Waals surface area contributed by atoms with Crippen LogP contribution in [0.2, 0.25) is 0 Å². The molecule has 0 aliphatic carbocycles. The van der Waals surface area contributed by atoms with Crippen LogP contribution >= 0.6 is 0 Å². The summed E-state index contributed by atoms with van der Waals surface area (Å²) >= 11 is 0. The molecule has 0 radical (unpaired) electrons. The zero-order valence-electron chi connectivity index (χ0n) is 10.6. The van der Waals surface area contributed by atoms with E-state index < -0.39 is 0 Å². The molecule has 2 N–H and O–H groups in total. The summed E-state index contributed by atoms with van der Waals surface area (Å²) < 4.78 is 5.85. The predicted octanol–water partition coefficient (Wildman–Crippen LogP) is 3.57. The van der Waals surface area contributed by atoms with E-state index in [4.69, 9.17) is 10.5 Å². The molecule has 0 spiro atoms. The van der Waals surface area contributed by atoms with Crippen LogP contribution in [0, 0.1) is 6.92 Å². The van der Waals surface area contributed by atoms with Crippen LogP contribution in [0.1, 0.15) is 17.5 Å². The van der Waals surface area contributed by atoms with Crippen LogP contribution in [0.4, 0.5) is 5.69 Å². The third-order valence-corrected chi connectivity index (χ3v) is 3.43. The molecule has 2 aromatic rings. The van der Waals surface area contributed by atoms with Crippen LogP contribution in [0.5, 0.6) is 5.75 Å². The lowest BCUT2D eigenvalue weighted by molar-refractivity contribution is 0.289. The third kappa shape index (κ3) is 1.84. The van der Waals surface area contributed by atoms with Gasteiger partial charge >= 0.3 is 0 Å². The van der Waals surface area contributed by atoms with Gasteiger partial charge in [-0.2, -0.15) is 0 Å². The zero-order chi connectivity index (χ0) is 12.5. The van der Waals surface area contributed by atoms with E-state index in [2.05, 4.69) is 31.2 Å². The standard InChI is InChI=1S/C16H17NO/c1-11-7-8-15(17)14(10-11)13-6-2-4-12-5-3-9-18-16(12)13/h2,4,6-8,10H,3,5,9,17H2,1H3. The molecule has 18 heavy (non-hydrogen) atoms. The van der Waals surface area contributed by atoms with Crippen molar-refractivity contribution in [3.8, 4) is 16.9 Å². The Bertz CT molecular complexity index is 590. The molecule has 0 unspecified atom stereocenters. The Labute approximate surface area is 107 Å². The topological polar surface area (TPSA) is 35.2 Å². The molecule has 0 atom stereocenters. The van der Waals surface area contributed by atoms with Crippen molar-refractivity contribution >= 4 is 5.69 Å². The van der Waals surface area contributed by atoms with Crippen molar-refractivity contribution in [2.75, 3.05) is 12.3 Å². The van der Waals surface area contributed by atoms with Crippen LogP contribution in [-0.4, -0.2) is 6.61 Å². The SMILES string of the molecule is Cc1ccc(N)c(-c2cccc3c2OCCC3)c1. The largest absolute Gasteiger partial charge is 0.493 e. The number of fused-ring (bicyclic) bond motifs is 1. The van der Waals surface area contributed by atoms with Gasteiger partial charge in [-0.15, -0.1) is 0 Å². The average Bonchev–Trinajstić information content (AvgIpc) is 2.41. The van der Waals surface area contributed by atoms with Gasteiger partial charge in [0.25, 0.3) is 0 Å². The Morgan fingerprint density at radius 3 is 2.89 bits per heavy atom. The minimum Gasteiger partial charge on any atom is -0.493 e. The van der Waals surface area contributed by atoms with E-state index in [9.17, 15) is 0 Å². The number of para-hydroxylation sites is 1. The summed E-state index contributed by atoms with van der Waals surface area (Å²) in [5.74, 6) is 1.01. The fourth-order valence-corrected chi connectivity index (χ4v) is 2.50. The lowest BCUT2D eigenvalue weighted by Gasteiger charge is -2.21. The quantitative estimate of drug-likeness (QED) is 0.772. The Kier molecular flexibility index (Phi) is 2.71. The molecule has 2 nitrogen and oxygen atoms in total. The highest BCUT2D eigenvalue weighted by molar-refractivity contribution is 5.82. The van der Waals surface area contributed by atoms with Crippen molar-refractivity contribution in [1.29, 1.82) is 0 Å². The molecule has 92 valence electrons. The van der Waals surface area contributed by atoms with E-state index in [1.165, 1.54) is 11.1 Å². The third-order valence-electron chi connectivity index (χ3n) is 3.43. The number of anilines is 1. The highest BCUT2D eigenvalue weighted by Gasteiger charge is 2.16. The number of rotatable bonds is 1. The number of nitrogens with two attached hydrogens (primary N) is 1. The van der Waals surface area contributed by atoms with Gasteiger partial charge in [-0.1, -0.05) is 29.8 Å². The van der Waals surface area contributed by atoms with E-state index in [0.717, 1.165) is 42.0 Å². The van der Waals surface area contributed by atoms with Gasteiger partial charge in [0.05, 0.1) is 6.61 Å². The van der Waals surface area contributed by atoms with E-state index in [0.29, 0.717) is 0 Å². The van der Waals surface area contributed by atoms with Gasteiger partial charge in [0.1, 0.15) is 5.75 Å². The van der Waals surface area contributed by atoms with E-state index in [1.807, 2.05) is 12.1 Å². The first-order valence-electron chi connectivity index (χ1n) is 6.37. The molecule has 3 rings (SSSR count). The Morgan fingerprint density at radius 2 is 2.00 bits per heavy atom. The van der Waals surface area contributed by atoms with Crippen molar-refractivity contribution in [3.63, 3.8) is 0 Å². The van der Waals surface area contributed by atoms with Gasteiger partial charge in [0.15, 0.2) is 0 Å². The fourth-order valence-electron chi connectivity index (χ4n) is 2.50. The molecule has 0 saturated carbocycles. The number of nitrogen functional groups attached to an aromatic ring is 1. The first kappa shape index (κ1) is 11.1. The molecule has 2 aromatic carbocycles. The van der Waals surface area contributed by atoms with Gasteiger partial charge in [-0.3, -0.25) is 0 Å². The minimum atomic E-state index is 0.801. The number of ether oxygens (including phenoxy) is 1. The molecule has 0 fully saturated rings. The molecule has 0 saturated heterocycles. The maximum absolute atomic E-state index is 6.10. The monoisotopic (exact) mass is 239 g/mol. The molecule has 1 heterocycles. The number of hydrogen-bond donors (Lipinski definition) is 1. The summed E-state index contributed by atoms with van der Waals surface area (Å²) in [5, 5.41) is 0. The van der Waals surface area contributed by atoms with Crippen LogP contribution < -0.4 is 10.5 Å². The summed E-state index contributed by atoms with van der Waals surface area (Å²) in [5.41, 5.74) is 11.6. The van der Waals surface area contributed by atoms with Crippen molar-refractivity contribution in [2.45, 2.75) is 19.8 Å². The molecule has 0 aromatic heterocycles. The van der Waals surface area contributed by atoms with Crippen LogP contribution in [0.25, 0.3) is 11.1 Å². The lowest BCUT2D eigenvalue weighted by Crippen LogP contribution is -2.09. The van der Waals surface area contributed by atoms with Crippen molar-refractivity contribution < 1.29 is 4.74 Å². The Balaban J connectivity index is 2.19. The van der Waals surface area contributed by atoms with Gasteiger partial charge in [0, 0.05) is 16.8 Å². The van der Waals surface area contributed by atoms with Crippen molar-refractivity contribution in [2.24, 2.45) is 0 Å². The molecule has 2 heteroatoms. The molecule has 0 amide bonds. The fraction of sp³-hybridized carbons (Fsp3) is 0.250. The summed E-state index contributed by atoms with van der Waals surface area (Å²) in [4.78, 5) is 0. The van der Waals surface area contributed by atoms with Gasteiger partial charge in [-0.25, -0.2) is 0 Å². The molecular weight excluding hydrogens is 222 g/mol. The second-order valence-corrected chi connectivity index (χ2v) is 4.84. The molecule has 1 aliphatic heterocycles. The molecule has 0 bridgehead atoms. The first-order chi connectivity index (χ1) is 8.75. The second-order valence-electron chi connectivity index (χ2n) is 4.84. The van der Waals surface area contributed by atoms with Crippen LogP contribution in [0.15, 0.2) is 36.4 Å². The first-order valence-corrected chi connectivity index (χ1v) is 6.37. The van der Waals surface area contributed by atoms with E-state index in [-0.39, 0.29) is 0 Å². The zero-order valence-corrected chi connectivity index (χ0v) is 10.6. The van der Waals surface area contributed by atoms with Crippen molar-refractivity contribution in [1.82, 2.24) is 0 Å². The predicted molar refractivity (Wildman–Crippen MR) is 74.8 cm³/mol. The Morgan fingerprint density at radius 1 is 1.11 bits per heavy atom. The highest BCUT2D eigenvalue weighted by Crippen LogP contribution is 2.38. The summed E-state index contributed by atoms with van der Waals surface area (Å²) in [6.45, 7) is 2.88. The number of hydrogen-bond acceptors (Lipinski definition) is 2. The average molecular weight is 239 g/mol. The molecular formula is C16H17NO. The smallest absolute Gasteiger partial charge is 0.130 e. The Hall–Kier alpha value is -1.96. The minimum absolute atomic E-state index is 0.801. The maximum Gasteiger partial charge on any atom is 0.130 e. The summed E-state index contributed by atoms with van der Waals surface area (Å²) in [7, 11) is 0. The van der Waals surface area contributed by atoms with Gasteiger partial charge in [0.2, 0.25) is 0 Å². The number of benzene rings is 2. The number of aryl methyl sites for hydroxylation is 2. The van der Waals surface area contributed by atoms with Crippen LogP contribution in [-0.2, 0) is 6.42 Å². The summed E-state index contributed by atoms with van der Waals surface area (Å²) in [6.07, 6.45) is 2.19. The van der Waals surface area contributed by atoms with Gasteiger partial charge in [-0.05, 0) is 37.5 Å². The highest BCUT2D eigenvalue weighted by atomic mass is 16.5. The molecule has 1 aliphatic rings. The van der Waals surface area contributed by atoms with E-state index in [1.54, 1.807) is 0 Å².